The van der Waals surface area contributed by atoms with Gasteiger partial charge in [-0.15, -0.1) is 0 Å². The van der Waals surface area contributed by atoms with Crippen LogP contribution in [-0.2, 0) is 0 Å². The van der Waals surface area contributed by atoms with Gasteiger partial charge in [0.25, 0.3) is 5.91 Å². The van der Waals surface area contributed by atoms with Crippen molar-refractivity contribution < 1.29 is 4.79 Å². The number of hydrogen-bond donors (Lipinski definition) is 1. The lowest BCUT2D eigenvalue weighted by Gasteiger charge is -2.30. The van der Waals surface area contributed by atoms with Crippen molar-refractivity contribution >= 4 is 5.91 Å². The van der Waals surface area contributed by atoms with Gasteiger partial charge in [-0.3, -0.25) is 9.89 Å². The summed E-state index contributed by atoms with van der Waals surface area (Å²) in [6, 6.07) is 0. The first-order valence-corrected chi connectivity index (χ1v) is 5.47. The van der Waals surface area contributed by atoms with E-state index in [1.54, 1.807) is 6.20 Å². The predicted octanol–water partition coefficient (Wildman–Crippen LogP) is 1.59. The number of aryl methyl sites for hydroxylation is 1. The van der Waals surface area contributed by atoms with Crippen LogP contribution in [0.5, 0.6) is 0 Å². The monoisotopic (exact) mass is 207 g/mol. The van der Waals surface area contributed by atoms with Gasteiger partial charge in [-0.2, -0.15) is 5.10 Å². The first kappa shape index (κ1) is 10.2. The summed E-state index contributed by atoms with van der Waals surface area (Å²) in [5, 5.41) is 6.65. The second kappa shape index (κ2) is 4.04. The van der Waals surface area contributed by atoms with Crippen LogP contribution in [0.15, 0.2) is 6.20 Å². The van der Waals surface area contributed by atoms with Crippen LogP contribution in [0, 0.1) is 12.8 Å². The maximum Gasteiger partial charge on any atom is 0.272 e. The highest BCUT2D eigenvalue weighted by Crippen LogP contribution is 2.18. The molecule has 1 aliphatic rings. The second-order valence-corrected chi connectivity index (χ2v) is 4.40. The van der Waals surface area contributed by atoms with E-state index in [-0.39, 0.29) is 5.91 Å². The Labute approximate surface area is 89.7 Å². The van der Waals surface area contributed by atoms with Gasteiger partial charge >= 0.3 is 0 Å². The van der Waals surface area contributed by atoms with Crippen LogP contribution in [0.2, 0.25) is 0 Å². The molecule has 82 valence electrons. The third-order valence-corrected chi connectivity index (χ3v) is 3.11. The Kier molecular flexibility index (Phi) is 2.75. The SMILES string of the molecule is Cc1cn[nH]c1C(=O)N1CCC(C)CC1. The van der Waals surface area contributed by atoms with Crippen molar-refractivity contribution in [3.8, 4) is 0 Å². The van der Waals surface area contributed by atoms with Crippen LogP contribution in [0.4, 0.5) is 0 Å². The van der Waals surface area contributed by atoms with E-state index in [2.05, 4.69) is 17.1 Å². The molecular weight excluding hydrogens is 190 g/mol. The lowest BCUT2D eigenvalue weighted by atomic mass is 9.99. The molecule has 0 atom stereocenters. The molecule has 1 amide bonds. The molecule has 0 saturated carbocycles. The van der Waals surface area contributed by atoms with Gasteiger partial charge in [0.1, 0.15) is 5.69 Å². The van der Waals surface area contributed by atoms with Gasteiger partial charge in [0.15, 0.2) is 0 Å². The Morgan fingerprint density at radius 2 is 2.20 bits per heavy atom. The molecule has 1 aromatic heterocycles. The van der Waals surface area contributed by atoms with Gasteiger partial charge in [0, 0.05) is 13.1 Å². The highest BCUT2D eigenvalue weighted by molar-refractivity contribution is 5.93. The Bertz CT molecular complexity index is 350. The minimum atomic E-state index is 0.0944. The first-order valence-electron chi connectivity index (χ1n) is 5.47. The van der Waals surface area contributed by atoms with Crippen LogP contribution in [-0.4, -0.2) is 34.1 Å². The molecule has 0 spiro atoms. The molecule has 1 N–H and O–H groups in total. The van der Waals surface area contributed by atoms with Crippen molar-refractivity contribution in [2.24, 2.45) is 5.92 Å². The summed E-state index contributed by atoms with van der Waals surface area (Å²) in [7, 11) is 0. The zero-order valence-corrected chi connectivity index (χ0v) is 9.29. The molecule has 0 aromatic carbocycles. The number of aromatic nitrogens is 2. The standard InChI is InChI=1S/C11H17N3O/c1-8-3-5-14(6-4-8)11(15)10-9(2)7-12-13-10/h7-8H,3-6H2,1-2H3,(H,12,13). The van der Waals surface area contributed by atoms with E-state index < -0.39 is 0 Å². The summed E-state index contributed by atoms with van der Waals surface area (Å²) in [5.74, 6) is 0.841. The second-order valence-electron chi connectivity index (χ2n) is 4.40. The van der Waals surface area contributed by atoms with Crippen molar-refractivity contribution in [1.82, 2.24) is 15.1 Å². The molecule has 4 nitrogen and oxygen atoms in total. The van der Waals surface area contributed by atoms with Gasteiger partial charge in [0.05, 0.1) is 6.20 Å². The van der Waals surface area contributed by atoms with Gasteiger partial charge < -0.3 is 4.90 Å². The van der Waals surface area contributed by atoms with Crippen LogP contribution in [0.25, 0.3) is 0 Å². The summed E-state index contributed by atoms with van der Waals surface area (Å²) in [4.78, 5) is 14.0. The van der Waals surface area contributed by atoms with Crippen LogP contribution in [0.1, 0.15) is 35.8 Å². The zero-order chi connectivity index (χ0) is 10.8. The number of likely N-dealkylation sites (tertiary alicyclic amines) is 1. The third kappa shape index (κ3) is 2.03. The summed E-state index contributed by atoms with van der Waals surface area (Å²) < 4.78 is 0. The zero-order valence-electron chi connectivity index (χ0n) is 9.29. The van der Waals surface area contributed by atoms with E-state index in [0.29, 0.717) is 5.69 Å². The molecule has 0 aliphatic carbocycles. The number of H-pyrrole nitrogens is 1. The highest BCUT2D eigenvalue weighted by Gasteiger charge is 2.23. The third-order valence-electron chi connectivity index (χ3n) is 3.11. The lowest BCUT2D eigenvalue weighted by Crippen LogP contribution is -2.38. The highest BCUT2D eigenvalue weighted by atomic mass is 16.2. The minimum Gasteiger partial charge on any atom is -0.337 e. The number of carbonyl (C=O) groups excluding carboxylic acids is 1. The average Bonchev–Trinajstić information content (AvgIpc) is 2.65. The van der Waals surface area contributed by atoms with Gasteiger partial charge in [-0.05, 0) is 31.2 Å². The fraction of sp³-hybridized carbons (Fsp3) is 0.636. The number of piperidine rings is 1. The Morgan fingerprint density at radius 1 is 1.53 bits per heavy atom. The first-order chi connectivity index (χ1) is 7.18. The van der Waals surface area contributed by atoms with E-state index in [0.717, 1.165) is 37.4 Å². The van der Waals surface area contributed by atoms with Crippen molar-refractivity contribution in [1.29, 1.82) is 0 Å². The van der Waals surface area contributed by atoms with E-state index in [9.17, 15) is 4.79 Å². The fourth-order valence-corrected chi connectivity index (χ4v) is 1.93. The lowest BCUT2D eigenvalue weighted by molar-refractivity contribution is 0.0690. The summed E-state index contributed by atoms with van der Waals surface area (Å²) >= 11 is 0. The largest absolute Gasteiger partial charge is 0.337 e. The van der Waals surface area contributed by atoms with Crippen LogP contribution >= 0.6 is 0 Å². The Balaban J connectivity index is 2.06. The van der Waals surface area contributed by atoms with E-state index in [1.807, 2.05) is 11.8 Å². The summed E-state index contributed by atoms with van der Waals surface area (Å²) in [6.07, 6.45) is 3.91. The smallest absolute Gasteiger partial charge is 0.272 e. The predicted molar refractivity (Wildman–Crippen MR) is 57.6 cm³/mol. The van der Waals surface area contributed by atoms with E-state index in [1.165, 1.54) is 0 Å². The molecule has 0 bridgehead atoms. The molecule has 0 unspecified atom stereocenters. The molecule has 15 heavy (non-hydrogen) atoms. The maximum atomic E-state index is 12.0. The Hall–Kier alpha value is -1.32. The number of carbonyl (C=O) groups is 1. The van der Waals surface area contributed by atoms with Crippen molar-refractivity contribution in [3.05, 3.63) is 17.5 Å². The summed E-state index contributed by atoms with van der Waals surface area (Å²) in [5.41, 5.74) is 1.57. The average molecular weight is 207 g/mol. The van der Waals surface area contributed by atoms with Gasteiger partial charge in [0.2, 0.25) is 0 Å². The van der Waals surface area contributed by atoms with Crippen LogP contribution < -0.4 is 0 Å². The molecular formula is C11H17N3O. The summed E-state index contributed by atoms with van der Waals surface area (Å²) in [6.45, 7) is 5.89. The molecule has 1 saturated heterocycles. The number of aromatic amines is 1. The van der Waals surface area contributed by atoms with Crippen LogP contribution in [0.3, 0.4) is 0 Å². The maximum absolute atomic E-state index is 12.0. The molecule has 0 radical (unpaired) electrons. The molecule has 1 aliphatic heterocycles. The molecule has 2 heterocycles. The van der Waals surface area contributed by atoms with Gasteiger partial charge in [-0.1, -0.05) is 6.92 Å². The van der Waals surface area contributed by atoms with E-state index >= 15 is 0 Å². The number of hydrogen-bond acceptors (Lipinski definition) is 2. The fourth-order valence-electron chi connectivity index (χ4n) is 1.93. The number of nitrogens with zero attached hydrogens (tertiary/aromatic N) is 2. The molecule has 1 fully saturated rings. The quantitative estimate of drug-likeness (QED) is 0.760. The molecule has 2 rings (SSSR count). The molecule has 4 heteroatoms. The number of nitrogens with one attached hydrogen (secondary N) is 1. The van der Waals surface area contributed by atoms with E-state index in [4.69, 9.17) is 0 Å². The van der Waals surface area contributed by atoms with Crippen molar-refractivity contribution in [3.63, 3.8) is 0 Å². The topological polar surface area (TPSA) is 49.0 Å². The molecule has 1 aromatic rings. The normalized spacial score (nSPS) is 18.1. The number of amides is 1. The Morgan fingerprint density at radius 3 is 2.73 bits per heavy atom. The van der Waals surface area contributed by atoms with Crippen molar-refractivity contribution in [2.45, 2.75) is 26.7 Å². The van der Waals surface area contributed by atoms with Crippen molar-refractivity contribution in [2.75, 3.05) is 13.1 Å². The minimum absolute atomic E-state index is 0.0944. The van der Waals surface area contributed by atoms with Gasteiger partial charge in [-0.25, -0.2) is 0 Å². The number of rotatable bonds is 1.